The molecule has 8 nitrogen and oxygen atoms in total. The average molecular weight is 424 g/mol. The molecular weight excluding hydrogens is 406 g/mol. The van der Waals surface area contributed by atoms with Gasteiger partial charge in [-0.05, 0) is 42.0 Å². The molecule has 2 aromatic carbocycles. The Hall–Kier alpha value is -3.65. The van der Waals surface area contributed by atoms with Crippen molar-refractivity contribution in [2.45, 2.75) is 19.4 Å². The summed E-state index contributed by atoms with van der Waals surface area (Å²) < 4.78 is 1.52. The van der Waals surface area contributed by atoms with Crippen LogP contribution in [0, 0.1) is 0 Å². The van der Waals surface area contributed by atoms with Gasteiger partial charge in [0.2, 0.25) is 17.7 Å². The monoisotopic (exact) mass is 423 g/mol. The fourth-order valence-electron chi connectivity index (χ4n) is 3.28. The molecule has 0 saturated carbocycles. The number of rotatable bonds is 4. The van der Waals surface area contributed by atoms with E-state index in [1.165, 1.54) is 11.6 Å². The van der Waals surface area contributed by atoms with Gasteiger partial charge >= 0.3 is 0 Å². The molecule has 3 aromatic rings. The number of fused-ring (bicyclic) bond motifs is 1. The average Bonchev–Trinajstić information content (AvgIpc) is 3.12. The van der Waals surface area contributed by atoms with Crippen LogP contribution in [0.25, 0.3) is 11.1 Å². The number of halogens is 1. The van der Waals surface area contributed by atoms with E-state index < -0.39 is 6.04 Å². The SMILES string of the molecule is CC(=O)Nc1ccc(NC(=O)[C@@H]2CC(=O)Nc3c(-c4ccc(Cl)cc4)cnn32)cc1. The highest BCUT2D eigenvalue weighted by molar-refractivity contribution is 6.30. The summed E-state index contributed by atoms with van der Waals surface area (Å²) in [5.74, 6) is -0.332. The first-order valence-electron chi connectivity index (χ1n) is 9.22. The van der Waals surface area contributed by atoms with Crippen molar-refractivity contribution in [3.8, 4) is 11.1 Å². The van der Waals surface area contributed by atoms with Crippen LogP contribution in [0.5, 0.6) is 0 Å². The number of nitrogens with zero attached hydrogens (tertiary/aromatic N) is 2. The van der Waals surface area contributed by atoms with Gasteiger partial charge in [0.1, 0.15) is 11.9 Å². The van der Waals surface area contributed by atoms with Crippen LogP contribution in [0.1, 0.15) is 19.4 Å². The van der Waals surface area contributed by atoms with Crippen molar-refractivity contribution in [2.75, 3.05) is 16.0 Å². The maximum absolute atomic E-state index is 12.9. The first-order chi connectivity index (χ1) is 14.4. The zero-order valence-corrected chi connectivity index (χ0v) is 16.7. The number of nitrogens with one attached hydrogen (secondary N) is 3. The van der Waals surface area contributed by atoms with Gasteiger partial charge in [0.05, 0.1) is 12.6 Å². The van der Waals surface area contributed by atoms with Gasteiger partial charge < -0.3 is 16.0 Å². The molecule has 1 atom stereocenters. The molecule has 0 aliphatic carbocycles. The Labute approximate surface area is 177 Å². The van der Waals surface area contributed by atoms with Gasteiger partial charge in [0.15, 0.2) is 0 Å². The number of hydrogen-bond donors (Lipinski definition) is 3. The van der Waals surface area contributed by atoms with Crippen molar-refractivity contribution in [3.63, 3.8) is 0 Å². The molecule has 0 bridgehead atoms. The fraction of sp³-hybridized carbons (Fsp3) is 0.143. The van der Waals surface area contributed by atoms with Gasteiger partial charge in [0.25, 0.3) is 0 Å². The molecule has 0 fully saturated rings. The van der Waals surface area contributed by atoms with E-state index >= 15 is 0 Å². The topological polar surface area (TPSA) is 105 Å². The Morgan fingerprint density at radius 3 is 2.33 bits per heavy atom. The third-order valence-electron chi connectivity index (χ3n) is 4.66. The van der Waals surface area contributed by atoms with Crippen LogP contribution in [-0.4, -0.2) is 27.5 Å². The summed E-state index contributed by atoms with van der Waals surface area (Å²) in [4.78, 5) is 36.3. The Morgan fingerprint density at radius 2 is 1.70 bits per heavy atom. The lowest BCUT2D eigenvalue weighted by Gasteiger charge is -2.24. The normalized spacial score (nSPS) is 15.1. The molecule has 30 heavy (non-hydrogen) atoms. The third kappa shape index (κ3) is 4.04. The number of carbonyl (C=O) groups excluding carboxylic acids is 3. The number of benzene rings is 2. The summed E-state index contributed by atoms with van der Waals surface area (Å²) in [5.41, 5.74) is 2.71. The minimum absolute atomic E-state index is 0.0233. The molecule has 0 saturated heterocycles. The molecular formula is C21H18ClN5O3. The zero-order valence-electron chi connectivity index (χ0n) is 16.0. The third-order valence-corrected chi connectivity index (χ3v) is 4.91. The Bertz CT molecular complexity index is 1120. The number of hydrogen-bond acceptors (Lipinski definition) is 4. The smallest absolute Gasteiger partial charge is 0.249 e. The number of aromatic nitrogens is 2. The van der Waals surface area contributed by atoms with E-state index in [0.717, 1.165) is 5.56 Å². The lowest BCUT2D eigenvalue weighted by atomic mass is 10.1. The van der Waals surface area contributed by atoms with E-state index in [1.807, 2.05) is 12.1 Å². The van der Waals surface area contributed by atoms with E-state index in [9.17, 15) is 14.4 Å². The van der Waals surface area contributed by atoms with Gasteiger partial charge in [-0.1, -0.05) is 23.7 Å². The van der Waals surface area contributed by atoms with Crippen molar-refractivity contribution >= 4 is 46.5 Å². The van der Waals surface area contributed by atoms with Crippen molar-refractivity contribution < 1.29 is 14.4 Å². The van der Waals surface area contributed by atoms with Crippen molar-refractivity contribution in [1.29, 1.82) is 0 Å². The zero-order chi connectivity index (χ0) is 21.3. The minimum Gasteiger partial charge on any atom is -0.326 e. The summed E-state index contributed by atoms with van der Waals surface area (Å²) in [6, 6.07) is 13.1. The van der Waals surface area contributed by atoms with Crippen molar-refractivity contribution in [3.05, 3.63) is 59.8 Å². The highest BCUT2D eigenvalue weighted by Crippen LogP contribution is 2.34. The second-order valence-electron chi connectivity index (χ2n) is 6.87. The summed E-state index contributed by atoms with van der Waals surface area (Å²) >= 11 is 5.95. The molecule has 2 heterocycles. The van der Waals surface area contributed by atoms with Crippen molar-refractivity contribution in [2.24, 2.45) is 0 Å². The molecule has 0 radical (unpaired) electrons. The van der Waals surface area contributed by atoms with Crippen molar-refractivity contribution in [1.82, 2.24) is 9.78 Å². The first-order valence-corrected chi connectivity index (χ1v) is 9.60. The molecule has 152 valence electrons. The van der Waals surface area contributed by atoms with Gasteiger partial charge in [-0.15, -0.1) is 0 Å². The van der Waals surface area contributed by atoms with Crippen LogP contribution in [0.3, 0.4) is 0 Å². The van der Waals surface area contributed by atoms with Crippen LogP contribution in [0.15, 0.2) is 54.7 Å². The Kier molecular flexibility index (Phi) is 5.24. The summed E-state index contributed by atoms with van der Waals surface area (Å²) in [6.07, 6.45) is 1.59. The lowest BCUT2D eigenvalue weighted by molar-refractivity contribution is -0.125. The van der Waals surface area contributed by atoms with Crippen LogP contribution in [-0.2, 0) is 14.4 Å². The molecule has 1 aliphatic heterocycles. The largest absolute Gasteiger partial charge is 0.326 e. The van der Waals surface area contributed by atoms with Gasteiger partial charge in [-0.3, -0.25) is 14.4 Å². The Balaban J connectivity index is 1.57. The number of anilines is 3. The highest BCUT2D eigenvalue weighted by Gasteiger charge is 2.33. The molecule has 0 spiro atoms. The van der Waals surface area contributed by atoms with Crippen LogP contribution in [0.2, 0.25) is 5.02 Å². The minimum atomic E-state index is -0.787. The highest BCUT2D eigenvalue weighted by atomic mass is 35.5. The van der Waals surface area contributed by atoms with Crippen LogP contribution >= 0.6 is 11.6 Å². The van der Waals surface area contributed by atoms with E-state index in [1.54, 1.807) is 42.6 Å². The standard InChI is InChI=1S/C21H18ClN5O3/c1-12(28)24-15-6-8-16(9-7-15)25-21(30)18-10-19(29)26-20-17(11-23-27(18)20)13-2-4-14(22)5-3-13/h2-9,11,18H,10H2,1H3,(H,24,28)(H,25,30)(H,26,29)/t18-/m0/s1. The predicted molar refractivity (Wildman–Crippen MR) is 114 cm³/mol. The van der Waals surface area contributed by atoms with Crippen LogP contribution < -0.4 is 16.0 Å². The van der Waals surface area contributed by atoms with Gasteiger partial charge in [-0.2, -0.15) is 5.10 Å². The van der Waals surface area contributed by atoms with E-state index in [-0.39, 0.29) is 24.1 Å². The quantitative estimate of drug-likeness (QED) is 0.595. The van der Waals surface area contributed by atoms with Gasteiger partial charge in [0, 0.05) is 28.9 Å². The number of amides is 3. The summed E-state index contributed by atoms with van der Waals surface area (Å²) in [6.45, 7) is 1.42. The molecule has 1 aliphatic rings. The molecule has 3 N–H and O–H groups in total. The predicted octanol–water partition coefficient (Wildman–Crippen LogP) is 3.68. The summed E-state index contributed by atoms with van der Waals surface area (Å²) in [7, 11) is 0. The van der Waals surface area contributed by atoms with E-state index in [2.05, 4.69) is 21.0 Å². The second kappa shape index (κ2) is 8.00. The molecule has 3 amide bonds. The van der Waals surface area contributed by atoms with Crippen LogP contribution in [0.4, 0.5) is 17.2 Å². The van der Waals surface area contributed by atoms with E-state index in [4.69, 9.17) is 11.6 Å². The molecule has 0 unspecified atom stereocenters. The lowest BCUT2D eigenvalue weighted by Crippen LogP contribution is -2.35. The maximum Gasteiger partial charge on any atom is 0.249 e. The van der Waals surface area contributed by atoms with E-state index in [0.29, 0.717) is 27.8 Å². The number of carbonyl (C=O) groups is 3. The Morgan fingerprint density at radius 1 is 1.07 bits per heavy atom. The molecule has 1 aromatic heterocycles. The maximum atomic E-state index is 12.9. The summed E-state index contributed by atoms with van der Waals surface area (Å²) in [5, 5.41) is 13.2. The van der Waals surface area contributed by atoms with Gasteiger partial charge in [-0.25, -0.2) is 4.68 Å². The molecule has 4 rings (SSSR count). The molecule has 9 heteroatoms. The first kappa shape index (κ1) is 19.7. The fourth-order valence-corrected chi connectivity index (χ4v) is 3.40. The second-order valence-corrected chi connectivity index (χ2v) is 7.31.